The number of alkyl halides is 1. The Morgan fingerprint density at radius 1 is 1.20 bits per heavy atom. The quantitative estimate of drug-likeness (QED) is 0.646. The lowest BCUT2D eigenvalue weighted by molar-refractivity contribution is 0.354. The number of benzene rings is 1. The van der Waals surface area contributed by atoms with Gasteiger partial charge in [0.2, 0.25) is 5.95 Å². The van der Waals surface area contributed by atoms with Crippen LogP contribution in [0.15, 0.2) is 36.7 Å². The molecule has 1 aliphatic rings. The van der Waals surface area contributed by atoms with Gasteiger partial charge in [-0.15, -0.1) is 0 Å². The summed E-state index contributed by atoms with van der Waals surface area (Å²) < 4.78 is 0.399. The summed E-state index contributed by atoms with van der Waals surface area (Å²) in [6.45, 7) is 0. The third kappa shape index (κ3) is 2.04. The van der Waals surface area contributed by atoms with Crippen molar-refractivity contribution in [2.75, 3.05) is 5.73 Å². The van der Waals surface area contributed by atoms with E-state index in [1.807, 2.05) is 24.3 Å². The average molecular weight is 376 g/mol. The third-order valence-electron chi connectivity index (χ3n) is 3.93. The normalized spacial score (nSPS) is 24.7. The second-order valence-corrected chi connectivity index (χ2v) is 6.50. The smallest absolute Gasteiger partial charge is 0.219 e. The molecule has 2 aromatic rings. The monoisotopic (exact) mass is 376 g/mol. The highest BCUT2D eigenvalue weighted by Crippen LogP contribution is 2.48. The molecule has 0 bridgehead atoms. The van der Waals surface area contributed by atoms with Crippen molar-refractivity contribution in [2.24, 2.45) is 0 Å². The van der Waals surface area contributed by atoms with Crippen molar-refractivity contribution in [2.45, 2.75) is 22.2 Å². The summed E-state index contributed by atoms with van der Waals surface area (Å²) in [6, 6.07) is 10.6. The van der Waals surface area contributed by atoms with Gasteiger partial charge in [-0.3, -0.25) is 0 Å². The molecule has 2 atom stereocenters. The zero-order valence-corrected chi connectivity index (χ0v) is 12.9. The van der Waals surface area contributed by atoms with Gasteiger partial charge in [-0.2, -0.15) is 5.26 Å². The van der Waals surface area contributed by atoms with Crippen molar-refractivity contribution in [3.05, 3.63) is 42.2 Å². The van der Waals surface area contributed by atoms with Gasteiger partial charge in [0.15, 0.2) is 0 Å². The number of nitrogen functional groups attached to an aromatic ring is 1. The van der Waals surface area contributed by atoms with Gasteiger partial charge in [0.25, 0.3) is 0 Å². The Bertz CT molecular complexity index is 660. The summed E-state index contributed by atoms with van der Waals surface area (Å²) in [5.41, 5.74) is 8.24. The summed E-state index contributed by atoms with van der Waals surface area (Å²) in [4.78, 5) is 7.99. The number of hydrogen-bond acceptors (Lipinski definition) is 4. The van der Waals surface area contributed by atoms with Crippen LogP contribution in [-0.2, 0) is 5.41 Å². The molecule has 2 N–H and O–H groups in total. The Labute approximate surface area is 131 Å². The van der Waals surface area contributed by atoms with E-state index in [1.54, 1.807) is 12.4 Å². The summed E-state index contributed by atoms with van der Waals surface area (Å²) >= 11 is 2.38. The van der Waals surface area contributed by atoms with E-state index < -0.39 is 0 Å². The van der Waals surface area contributed by atoms with Gasteiger partial charge in [0.05, 0.1) is 11.5 Å². The number of nitrogens with two attached hydrogens (primary N) is 1. The number of aromatic nitrogens is 2. The van der Waals surface area contributed by atoms with E-state index in [2.05, 4.69) is 38.6 Å². The van der Waals surface area contributed by atoms with Gasteiger partial charge in [0, 0.05) is 21.9 Å². The molecule has 1 aromatic heterocycles. The van der Waals surface area contributed by atoms with E-state index in [9.17, 15) is 5.26 Å². The number of nitrogens with zero attached hydrogens (tertiary/aromatic N) is 3. The third-order valence-corrected chi connectivity index (χ3v) is 5.62. The van der Waals surface area contributed by atoms with Crippen LogP contribution in [0.1, 0.15) is 18.4 Å². The first-order valence-electron chi connectivity index (χ1n) is 6.39. The van der Waals surface area contributed by atoms with Crippen molar-refractivity contribution in [3.8, 4) is 17.2 Å². The molecule has 0 aliphatic heterocycles. The van der Waals surface area contributed by atoms with Gasteiger partial charge < -0.3 is 5.73 Å². The molecule has 0 radical (unpaired) electrons. The number of halogens is 1. The van der Waals surface area contributed by atoms with E-state index in [4.69, 9.17) is 5.73 Å². The molecule has 2 unspecified atom stereocenters. The van der Waals surface area contributed by atoms with E-state index in [0.29, 0.717) is 3.92 Å². The van der Waals surface area contributed by atoms with Crippen molar-refractivity contribution in [3.63, 3.8) is 0 Å². The summed E-state index contributed by atoms with van der Waals surface area (Å²) in [5.74, 6) is 0.274. The molecular weight excluding hydrogens is 363 g/mol. The molecule has 0 spiro atoms. The van der Waals surface area contributed by atoms with Crippen LogP contribution < -0.4 is 5.73 Å². The molecule has 20 heavy (non-hydrogen) atoms. The minimum Gasteiger partial charge on any atom is -0.368 e. The molecule has 0 amide bonds. The Balaban J connectivity index is 1.92. The second-order valence-electron chi connectivity index (χ2n) is 5.00. The van der Waals surface area contributed by atoms with E-state index in [-0.39, 0.29) is 11.4 Å². The second kappa shape index (κ2) is 5.02. The Kier molecular flexibility index (Phi) is 3.34. The SMILES string of the molecule is N#CC1(c2ccc(-c3cnc(N)nc3)cc2)CCC1I. The molecule has 5 heteroatoms. The average Bonchev–Trinajstić information content (AvgIpc) is 2.48. The largest absolute Gasteiger partial charge is 0.368 e. The van der Waals surface area contributed by atoms with Crippen LogP contribution >= 0.6 is 22.6 Å². The van der Waals surface area contributed by atoms with Crippen LogP contribution in [0.4, 0.5) is 5.95 Å². The number of anilines is 1. The van der Waals surface area contributed by atoms with Gasteiger partial charge in [-0.05, 0) is 24.0 Å². The first kappa shape index (κ1) is 13.3. The van der Waals surface area contributed by atoms with Gasteiger partial charge in [0.1, 0.15) is 0 Å². The van der Waals surface area contributed by atoms with Crippen LogP contribution in [0.3, 0.4) is 0 Å². The van der Waals surface area contributed by atoms with Crippen LogP contribution in [0.25, 0.3) is 11.1 Å². The minimum atomic E-state index is -0.309. The molecule has 1 fully saturated rings. The fourth-order valence-electron chi connectivity index (χ4n) is 2.50. The number of rotatable bonds is 2. The first-order chi connectivity index (χ1) is 9.65. The maximum Gasteiger partial charge on any atom is 0.219 e. The molecule has 1 heterocycles. The summed E-state index contributed by atoms with van der Waals surface area (Å²) in [6.07, 6.45) is 5.48. The maximum atomic E-state index is 9.49. The van der Waals surface area contributed by atoms with Gasteiger partial charge >= 0.3 is 0 Å². The van der Waals surface area contributed by atoms with Gasteiger partial charge in [-0.1, -0.05) is 46.9 Å². The van der Waals surface area contributed by atoms with Crippen LogP contribution in [0.5, 0.6) is 0 Å². The van der Waals surface area contributed by atoms with E-state index >= 15 is 0 Å². The fourth-order valence-corrected chi connectivity index (χ4v) is 3.63. The predicted molar refractivity (Wildman–Crippen MR) is 86.2 cm³/mol. The Morgan fingerprint density at radius 3 is 2.30 bits per heavy atom. The zero-order chi connectivity index (χ0) is 14.2. The highest BCUT2D eigenvalue weighted by molar-refractivity contribution is 14.1. The minimum absolute atomic E-state index is 0.274. The van der Waals surface area contributed by atoms with Crippen molar-refractivity contribution in [1.82, 2.24) is 9.97 Å². The standard InChI is InChI=1S/C15H13IN4/c16-13-5-6-15(13,9-17)12-3-1-10(2-4-12)11-7-19-14(18)20-8-11/h1-4,7-8,13H,5-6H2,(H2,18,19,20). The fraction of sp³-hybridized carbons (Fsp3) is 0.267. The van der Waals surface area contributed by atoms with Crippen molar-refractivity contribution >= 4 is 28.5 Å². The highest BCUT2D eigenvalue weighted by atomic mass is 127. The maximum absolute atomic E-state index is 9.49. The number of nitriles is 1. The first-order valence-corrected chi connectivity index (χ1v) is 7.64. The summed E-state index contributed by atoms with van der Waals surface area (Å²) in [5, 5.41) is 9.49. The predicted octanol–water partition coefficient (Wildman–Crippen LogP) is 3.08. The van der Waals surface area contributed by atoms with Crippen LogP contribution in [0, 0.1) is 11.3 Å². The highest BCUT2D eigenvalue weighted by Gasteiger charge is 2.47. The molecular formula is C15H13IN4. The van der Waals surface area contributed by atoms with Gasteiger partial charge in [-0.25, -0.2) is 9.97 Å². The van der Waals surface area contributed by atoms with E-state index in [1.165, 1.54) is 0 Å². The summed E-state index contributed by atoms with van der Waals surface area (Å²) in [7, 11) is 0. The van der Waals surface area contributed by atoms with E-state index in [0.717, 1.165) is 29.5 Å². The molecule has 1 saturated carbocycles. The topological polar surface area (TPSA) is 75.6 Å². The molecule has 100 valence electrons. The van der Waals surface area contributed by atoms with Crippen molar-refractivity contribution in [1.29, 1.82) is 5.26 Å². The number of hydrogen-bond donors (Lipinski definition) is 1. The molecule has 0 saturated heterocycles. The van der Waals surface area contributed by atoms with Crippen LogP contribution in [0.2, 0.25) is 0 Å². The Morgan fingerprint density at radius 2 is 1.85 bits per heavy atom. The lowest BCUT2D eigenvalue weighted by Gasteiger charge is -2.41. The Hall–Kier alpha value is -1.68. The zero-order valence-electron chi connectivity index (χ0n) is 10.8. The molecule has 1 aliphatic carbocycles. The van der Waals surface area contributed by atoms with Crippen LogP contribution in [-0.4, -0.2) is 13.9 Å². The van der Waals surface area contributed by atoms with Crippen molar-refractivity contribution < 1.29 is 0 Å². The molecule has 4 nitrogen and oxygen atoms in total. The lowest BCUT2D eigenvalue weighted by atomic mass is 9.65. The lowest BCUT2D eigenvalue weighted by Crippen LogP contribution is -2.43. The molecule has 1 aromatic carbocycles. The molecule has 3 rings (SSSR count).